The highest BCUT2D eigenvalue weighted by Crippen LogP contribution is 2.42. The second-order valence-electron chi connectivity index (χ2n) is 7.06. The zero-order valence-electron chi connectivity index (χ0n) is 16.6. The van der Waals surface area contributed by atoms with Gasteiger partial charge in [-0.15, -0.1) is 11.3 Å². The van der Waals surface area contributed by atoms with Crippen molar-refractivity contribution in [2.24, 2.45) is 0 Å². The predicted molar refractivity (Wildman–Crippen MR) is 123 cm³/mol. The molecule has 0 saturated heterocycles. The molecule has 32 heavy (non-hydrogen) atoms. The first-order valence-electron chi connectivity index (χ1n) is 9.75. The van der Waals surface area contributed by atoms with E-state index in [1.807, 2.05) is 48.5 Å². The summed E-state index contributed by atoms with van der Waals surface area (Å²) in [6, 6.07) is 21.8. The minimum Gasteiger partial charge on any atom is -0.508 e. The second kappa shape index (κ2) is 8.13. The molecule has 0 amide bonds. The Balaban J connectivity index is 1.64. The molecule has 0 bridgehead atoms. The van der Waals surface area contributed by atoms with Gasteiger partial charge >= 0.3 is 0 Å². The number of aromatic nitrogens is 2. The fraction of sp³-hybridized carbons (Fsp3) is 0. The van der Waals surface area contributed by atoms with Crippen molar-refractivity contribution in [3.8, 4) is 34.0 Å². The van der Waals surface area contributed by atoms with E-state index >= 15 is 0 Å². The molecule has 0 fully saturated rings. The summed E-state index contributed by atoms with van der Waals surface area (Å²) >= 11 is 1.36. The maximum atomic E-state index is 13.4. The Morgan fingerprint density at radius 3 is 2.50 bits per heavy atom. The summed E-state index contributed by atoms with van der Waals surface area (Å²) in [7, 11) is 0. The van der Waals surface area contributed by atoms with Crippen molar-refractivity contribution in [3.63, 3.8) is 0 Å². The second-order valence-corrected chi connectivity index (χ2v) is 8.11. The quantitative estimate of drug-likeness (QED) is 0.271. The lowest BCUT2D eigenvalue weighted by molar-refractivity contribution is -0.120. The fourth-order valence-electron chi connectivity index (χ4n) is 3.68. The van der Waals surface area contributed by atoms with Crippen LogP contribution >= 0.6 is 11.3 Å². The number of rotatable bonds is 6. The monoisotopic (exact) mass is 440 g/mol. The zero-order chi connectivity index (χ0) is 22.1. The molecular formula is C25H16N2O4S. The van der Waals surface area contributed by atoms with E-state index in [0.29, 0.717) is 22.6 Å². The normalized spacial score (nSPS) is 10.9. The van der Waals surface area contributed by atoms with E-state index in [4.69, 9.17) is 4.74 Å². The van der Waals surface area contributed by atoms with Gasteiger partial charge in [0.1, 0.15) is 11.4 Å². The average Bonchev–Trinajstić information content (AvgIpc) is 3.44. The molecule has 5 rings (SSSR count). The van der Waals surface area contributed by atoms with Crippen molar-refractivity contribution >= 4 is 33.7 Å². The van der Waals surface area contributed by atoms with Crippen molar-refractivity contribution in [1.29, 1.82) is 0 Å². The molecule has 0 atom stereocenters. The Kier molecular flexibility index (Phi) is 5.01. The standard InChI is InChI=1S/C25H16N2O4S/c28-14-31-25-22(26-13-27-25)16-8-6-15(7-9-16)21-19-11-10-18(29)12-20(19)32-24(21)23(30)17-4-2-1-3-5-17/h1-14,29H,(H,26,27). The summed E-state index contributed by atoms with van der Waals surface area (Å²) in [5, 5.41) is 10.8. The van der Waals surface area contributed by atoms with Gasteiger partial charge in [0.25, 0.3) is 6.47 Å². The van der Waals surface area contributed by atoms with Crippen LogP contribution < -0.4 is 4.74 Å². The summed E-state index contributed by atoms with van der Waals surface area (Å²) < 4.78 is 5.74. The van der Waals surface area contributed by atoms with Gasteiger partial charge in [0.2, 0.25) is 11.7 Å². The van der Waals surface area contributed by atoms with Gasteiger partial charge in [-0.25, -0.2) is 4.98 Å². The number of hydrogen-bond donors (Lipinski definition) is 2. The lowest BCUT2D eigenvalue weighted by Gasteiger charge is -2.07. The number of ether oxygens (including phenoxy) is 1. The van der Waals surface area contributed by atoms with Gasteiger partial charge in [0.05, 0.1) is 11.2 Å². The Bertz CT molecular complexity index is 1440. The van der Waals surface area contributed by atoms with Crippen LogP contribution in [-0.4, -0.2) is 27.3 Å². The van der Waals surface area contributed by atoms with Crippen LogP contribution in [0, 0.1) is 0 Å². The molecule has 5 aromatic rings. The number of imidazole rings is 1. The Morgan fingerprint density at radius 2 is 1.75 bits per heavy atom. The Hall–Kier alpha value is -4.23. The van der Waals surface area contributed by atoms with Crippen LogP contribution in [-0.2, 0) is 4.79 Å². The first-order chi connectivity index (χ1) is 15.7. The summed E-state index contributed by atoms with van der Waals surface area (Å²) in [5.74, 6) is 0.283. The SMILES string of the molecule is O=COc1nc[nH]c1-c1ccc(-c2c(C(=O)c3ccccc3)sc3cc(O)ccc23)cc1. The molecule has 3 aromatic carbocycles. The Labute approximate surface area is 186 Å². The van der Waals surface area contributed by atoms with Crippen LogP contribution in [0.15, 0.2) is 79.1 Å². The van der Waals surface area contributed by atoms with E-state index in [2.05, 4.69) is 9.97 Å². The molecule has 0 aliphatic carbocycles. The molecule has 6 nitrogen and oxygen atoms in total. The van der Waals surface area contributed by atoms with Crippen molar-refractivity contribution in [3.05, 3.63) is 89.6 Å². The number of carbonyl (C=O) groups excluding carboxylic acids is 2. The Morgan fingerprint density at radius 1 is 1.00 bits per heavy atom. The predicted octanol–water partition coefficient (Wildman–Crippen LogP) is 5.43. The minimum atomic E-state index is -0.0689. The van der Waals surface area contributed by atoms with Crippen molar-refractivity contribution in [2.45, 2.75) is 0 Å². The number of hydrogen-bond acceptors (Lipinski definition) is 6. The smallest absolute Gasteiger partial charge is 0.299 e. The number of fused-ring (bicyclic) bond motifs is 1. The third kappa shape index (κ3) is 3.44. The number of thiophene rings is 1. The lowest BCUT2D eigenvalue weighted by Crippen LogP contribution is -2.00. The van der Waals surface area contributed by atoms with E-state index < -0.39 is 0 Å². The third-order valence-electron chi connectivity index (χ3n) is 5.14. The minimum absolute atomic E-state index is 0.0689. The molecule has 0 unspecified atom stereocenters. The summed E-state index contributed by atoms with van der Waals surface area (Å²) in [5.41, 5.74) is 3.66. The number of H-pyrrole nitrogens is 1. The van der Waals surface area contributed by atoms with Gasteiger partial charge in [0, 0.05) is 26.8 Å². The van der Waals surface area contributed by atoms with E-state index in [1.54, 1.807) is 24.3 Å². The first kappa shape index (κ1) is 19.7. The molecule has 0 saturated carbocycles. The third-order valence-corrected chi connectivity index (χ3v) is 6.29. The van der Waals surface area contributed by atoms with Crippen LogP contribution in [0.3, 0.4) is 0 Å². The molecule has 2 heterocycles. The number of benzene rings is 3. The molecule has 0 radical (unpaired) electrons. The highest BCUT2D eigenvalue weighted by molar-refractivity contribution is 7.21. The van der Waals surface area contributed by atoms with Gasteiger partial charge in [-0.2, -0.15) is 0 Å². The number of phenols is 1. The zero-order valence-corrected chi connectivity index (χ0v) is 17.4. The summed E-state index contributed by atoms with van der Waals surface area (Å²) in [4.78, 5) is 31.6. The summed E-state index contributed by atoms with van der Waals surface area (Å²) in [6.07, 6.45) is 1.46. The number of ketones is 1. The molecular weight excluding hydrogens is 424 g/mol. The van der Waals surface area contributed by atoms with Gasteiger partial charge in [-0.1, -0.05) is 54.6 Å². The molecule has 0 aliphatic rings. The largest absolute Gasteiger partial charge is 0.508 e. The van der Waals surface area contributed by atoms with Crippen molar-refractivity contribution < 1.29 is 19.4 Å². The van der Waals surface area contributed by atoms with Gasteiger partial charge in [-0.05, 0) is 23.8 Å². The highest BCUT2D eigenvalue weighted by atomic mass is 32.1. The summed E-state index contributed by atoms with van der Waals surface area (Å²) in [6.45, 7) is 0.336. The van der Waals surface area contributed by atoms with Crippen LogP contribution in [0.5, 0.6) is 11.6 Å². The topological polar surface area (TPSA) is 92.3 Å². The van der Waals surface area contributed by atoms with Gasteiger partial charge in [0.15, 0.2) is 0 Å². The van der Waals surface area contributed by atoms with E-state index in [1.165, 1.54) is 17.7 Å². The van der Waals surface area contributed by atoms with Crippen molar-refractivity contribution in [1.82, 2.24) is 9.97 Å². The van der Waals surface area contributed by atoms with Crippen LogP contribution in [0.25, 0.3) is 32.5 Å². The molecule has 7 heteroatoms. The van der Waals surface area contributed by atoms with E-state index in [0.717, 1.165) is 26.8 Å². The molecule has 0 aliphatic heterocycles. The van der Waals surface area contributed by atoms with E-state index in [9.17, 15) is 14.7 Å². The number of nitrogens with zero attached hydrogens (tertiary/aromatic N) is 1. The molecule has 0 spiro atoms. The lowest BCUT2D eigenvalue weighted by atomic mass is 9.97. The van der Waals surface area contributed by atoms with Gasteiger partial charge < -0.3 is 14.8 Å². The number of aromatic amines is 1. The van der Waals surface area contributed by atoms with Crippen LogP contribution in [0.1, 0.15) is 15.2 Å². The average molecular weight is 440 g/mol. The van der Waals surface area contributed by atoms with Crippen LogP contribution in [0.2, 0.25) is 0 Å². The first-order valence-corrected chi connectivity index (χ1v) is 10.6. The molecule has 2 aromatic heterocycles. The highest BCUT2D eigenvalue weighted by Gasteiger charge is 2.21. The number of nitrogens with one attached hydrogen (secondary N) is 1. The molecule has 2 N–H and O–H groups in total. The maximum Gasteiger partial charge on any atom is 0.299 e. The van der Waals surface area contributed by atoms with Crippen molar-refractivity contribution in [2.75, 3.05) is 0 Å². The fourth-order valence-corrected chi connectivity index (χ4v) is 4.90. The number of aromatic hydroxyl groups is 1. The number of carbonyl (C=O) groups is 2. The number of phenolic OH excluding ortho intramolecular Hbond substituents is 1. The van der Waals surface area contributed by atoms with E-state index in [-0.39, 0.29) is 17.4 Å². The molecule has 156 valence electrons. The van der Waals surface area contributed by atoms with Gasteiger partial charge in [-0.3, -0.25) is 9.59 Å². The maximum absolute atomic E-state index is 13.4. The van der Waals surface area contributed by atoms with Crippen LogP contribution in [0.4, 0.5) is 0 Å².